The Bertz CT molecular complexity index is 698. The van der Waals surface area contributed by atoms with Gasteiger partial charge in [0.2, 0.25) is 5.91 Å². The van der Waals surface area contributed by atoms with Crippen LogP contribution < -0.4 is 4.74 Å². The number of benzene rings is 1. The standard InChI is InChI=1S/C16H20N6O3/c1-13(25-14-5-3-2-4-6-14)16(24)21-9-7-20(8-10-21)15(23)11-22-12-17-18-19-22/h2-6,12-13H,7-11H2,1H3/t13-/m1/s1. The summed E-state index contributed by atoms with van der Waals surface area (Å²) < 4.78 is 7.06. The van der Waals surface area contributed by atoms with E-state index in [1.807, 2.05) is 30.3 Å². The molecule has 3 rings (SSSR count). The molecule has 0 unspecified atom stereocenters. The van der Waals surface area contributed by atoms with Crippen molar-refractivity contribution in [2.75, 3.05) is 26.2 Å². The Morgan fingerprint density at radius 1 is 1.12 bits per heavy atom. The third-order valence-electron chi connectivity index (χ3n) is 4.04. The molecule has 1 aliphatic rings. The number of tetrazole rings is 1. The van der Waals surface area contributed by atoms with Crippen molar-refractivity contribution in [3.05, 3.63) is 36.7 Å². The Morgan fingerprint density at radius 2 is 1.80 bits per heavy atom. The Balaban J connectivity index is 1.48. The van der Waals surface area contributed by atoms with E-state index in [1.165, 1.54) is 11.0 Å². The van der Waals surface area contributed by atoms with Crippen molar-refractivity contribution in [2.45, 2.75) is 19.6 Å². The molecule has 0 bridgehead atoms. The topological polar surface area (TPSA) is 93.5 Å². The molecular formula is C16H20N6O3. The van der Waals surface area contributed by atoms with Gasteiger partial charge in [-0.15, -0.1) is 5.10 Å². The average Bonchev–Trinajstić information content (AvgIpc) is 3.15. The Hall–Kier alpha value is -2.97. The van der Waals surface area contributed by atoms with Crippen molar-refractivity contribution in [1.82, 2.24) is 30.0 Å². The van der Waals surface area contributed by atoms with Crippen molar-refractivity contribution in [2.24, 2.45) is 0 Å². The number of hydrogen-bond acceptors (Lipinski definition) is 6. The zero-order chi connectivity index (χ0) is 17.6. The molecule has 0 saturated carbocycles. The summed E-state index contributed by atoms with van der Waals surface area (Å²) in [5.41, 5.74) is 0. The molecular weight excluding hydrogens is 324 g/mol. The van der Waals surface area contributed by atoms with Crippen LogP contribution in [0.2, 0.25) is 0 Å². The fraction of sp³-hybridized carbons (Fsp3) is 0.438. The highest BCUT2D eigenvalue weighted by Gasteiger charge is 2.27. The molecule has 9 nitrogen and oxygen atoms in total. The van der Waals surface area contributed by atoms with Crippen molar-refractivity contribution in [1.29, 1.82) is 0 Å². The minimum absolute atomic E-state index is 0.0621. The van der Waals surface area contributed by atoms with Gasteiger partial charge in [-0.3, -0.25) is 9.59 Å². The van der Waals surface area contributed by atoms with Crippen LogP contribution in [0.1, 0.15) is 6.92 Å². The first-order valence-electron chi connectivity index (χ1n) is 8.12. The smallest absolute Gasteiger partial charge is 0.263 e. The van der Waals surface area contributed by atoms with Gasteiger partial charge in [0.05, 0.1) is 0 Å². The molecule has 1 fully saturated rings. The predicted molar refractivity (Wildman–Crippen MR) is 87.5 cm³/mol. The Kier molecular flexibility index (Phi) is 5.22. The number of ether oxygens (including phenoxy) is 1. The maximum atomic E-state index is 12.5. The Labute approximate surface area is 145 Å². The summed E-state index contributed by atoms with van der Waals surface area (Å²) in [4.78, 5) is 28.1. The van der Waals surface area contributed by atoms with Crippen molar-refractivity contribution < 1.29 is 14.3 Å². The van der Waals surface area contributed by atoms with Crippen LogP contribution >= 0.6 is 0 Å². The third kappa shape index (κ3) is 4.31. The molecule has 0 aliphatic carbocycles. The number of para-hydroxylation sites is 1. The lowest BCUT2D eigenvalue weighted by molar-refractivity contribution is -0.144. The molecule has 2 aromatic rings. The molecule has 0 N–H and O–H groups in total. The van der Waals surface area contributed by atoms with E-state index in [0.29, 0.717) is 31.9 Å². The lowest BCUT2D eigenvalue weighted by Crippen LogP contribution is -2.53. The van der Waals surface area contributed by atoms with Crippen LogP contribution in [0, 0.1) is 0 Å². The lowest BCUT2D eigenvalue weighted by Gasteiger charge is -2.35. The van der Waals surface area contributed by atoms with E-state index in [0.717, 1.165) is 0 Å². The van der Waals surface area contributed by atoms with Crippen molar-refractivity contribution in [3.63, 3.8) is 0 Å². The van der Waals surface area contributed by atoms with E-state index in [1.54, 1.807) is 16.7 Å². The molecule has 9 heteroatoms. The van der Waals surface area contributed by atoms with Crippen LogP contribution in [-0.2, 0) is 16.1 Å². The normalized spacial score (nSPS) is 15.7. The molecule has 2 heterocycles. The van der Waals surface area contributed by atoms with Gasteiger partial charge < -0.3 is 14.5 Å². The fourth-order valence-electron chi connectivity index (χ4n) is 2.68. The van der Waals surface area contributed by atoms with Crippen molar-refractivity contribution in [3.8, 4) is 5.75 Å². The van der Waals surface area contributed by atoms with Gasteiger partial charge >= 0.3 is 0 Å². The minimum Gasteiger partial charge on any atom is -0.481 e. The number of piperazine rings is 1. The zero-order valence-electron chi connectivity index (χ0n) is 14.0. The molecule has 1 aliphatic heterocycles. The molecule has 1 aromatic heterocycles. The van der Waals surface area contributed by atoms with Gasteiger partial charge in [0.1, 0.15) is 18.6 Å². The number of aromatic nitrogens is 4. The molecule has 2 amide bonds. The number of nitrogens with zero attached hydrogens (tertiary/aromatic N) is 6. The van der Waals surface area contributed by atoms with Gasteiger partial charge in [0.25, 0.3) is 5.91 Å². The Morgan fingerprint density at radius 3 is 2.44 bits per heavy atom. The largest absolute Gasteiger partial charge is 0.481 e. The second-order valence-corrected chi connectivity index (χ2v) is 5.79. The molecule has 1 aromatic carbocycles. The monoisotopic (exact) mass is 344 g/mol. The van der Waals surface area contributed by atoms with Gasteiger partial charge in [-0.2, -0.15) is 0 Å². The number of hydrogen-bond donors (Lipinski definition) is 0. The van der Waals surface area contributed by atoms with Crippen molar-refractivity contribution >= 4 is 11.8 Å². The van der Waals surface area contributed by atoms with E-state index in [-0.39, 0.29) is 18.4 Å². The van der Waals surface area contributed by atoms with Crippen LogP contribution in [0.25, 0.3) is 0 Å². The first-order chi connectivity index (χ1) is 12.1. The molecule has 0 radical (unpaired) electrons. The van der Waals surface area contributed by atoms with E-state index in [4.69, 9.17) is 4.74 Å². The summed E-state index contributed by atoms with van der Waals surface area (Å²) in [7, 11) is 0. The van der Waals surface area contributed by atoms with Crippen LogP contribution in [0.3, 0.4) is 0 Å². The maximum absolute atomic E-state index is 12.5. The molecule has 1 saturated heterocycles. The van der Waals surface area contributed by atoms with Gasteiger partial charge in [-0.25, -0.2) is 4.68 Å². The number of carbonyl (C=O) groups excluding carboxylic acids is 2. The first kappa shape index (κ1) is 16.9. The van der Waals surface area contributed by atoms with E-state index >= 15 is 0 Å². The van der Waals surface area contributed by atoms with Crippen LogP contribution in [0.4, 0.5) is 0 Å². The summed E-state index contributed by atoms with van der Waals surface area (Å²) in [5, 5.41) is 10.7. The van der Waals surface area contributed by atoms with Gasteiger partial charge in [0, 0.05) is 26.2 Å². The van der Waals surface area contributed by atoms with E-state index in [9.17, 15) is 9.59 Å². The summed E-state index contributed by atoms with van der Waals surface area (Å²) in [6.45, 7) is 3.81. The highest BCUT2D eigenvalue weighted by atomic mass is 16.5. The second-order valence-electron chi connectivity index (χ2n) is 5.79. The highest BCUT2D eigenvalue weighted by molar-refractivity contribution is 5.81. The number of rotatable bonds is 5. The van der Waals surface area contributed by atoms with Crippen LogP contribution in [0.5, 0.6) is 5.75 Å². The fourth-order valence-corrected chi connectivity index (χ4v) is 2.68. The maximum Gasteiger partial charge on any atom is 0.263 e. The summed E-state index contributed by atoms with van der Waals surface area (Å²) in [6, 6.07) is 9.26. The average molecular weight is 344 g/mol. The number of amides is 2. The lowest BCUT2D eigenvalue weighted by atomic mass is 10.2. The van der Waals surface area contributed by atoms with Gasteiger partial charge in [-0.05, 0) is 29.5 Å². The number of carbonyl (C=O) groups is 2. The van der Waals surface area contributed by atoms with Crippen LogP contribution in [0.15, 0.2) is 36.7 Å². The molecule has 1 atom stereocenters. The SMILES string of the molecule is C[C@@H](Oc1ccccc1)C(=O)N1CCN(C(=O)Cn2cnnn2)CC1. The predicted octanol–water partition coefficient (Wildman–Crippen LogP) is -0.189. The van der Waals surface area contributed by atoms with Gasteiger partial charge in [0.15, 0.2) is 6.10 Å². The van der Waals surface area contributed by atoms with Gasteiger partial charge in [-0.1, -0.05) is 18.2 Å². The summed E-state index contributed by atoms with van der Waals surface area (Å²) in [6.07, 6.45) is 0.839. The highest BCUT2D eigenvalue weighted by Crippen LogP contribution is 2.13. The minimum atomic E-state index is -0.564. The summed E-state index contributed by atoms with van der Waals surface area (Å²) in [5.74, 6) is 0.531. The third-order valence-corrected chi connectivity index (χ3v) is 4.04. The van der Waals surface area contributed by atoms with E-state index < -0.39 is 6.10 Å². The summed E-state index contributed by atoms with van der Waals surface area (Å²) >= 11 is 0. The molecule has 132 valence electrons. The quantitative estimate of drug-likeness (QED) is 0.746. The van der Waals surface area contributed by atoms with Crippen LogP contribution in [-0.4, -0.2) is 74.1 Å². The van der Waals surface area contributed by atoms with E-state index in [2.05, 4.69) is 15.5 Å². The zero-order valence-corrected chi connectivity index (χ0v) is 14.0. The molecule has 0 spiro atoms. The first-order valence-corrected chi connectivity index (χ1v) is 8.12. The molecule has 25 heavy (non-hydrogen) atoms. The second kappa shape index (κ2) is 7.73.